The van der Waals surface area contributed by atoms with E-state index < -0.39 is 0 Å². The number of hydrogen-bond acceptors (Lipinski definition) is 5. The maximum Gasteiger partial charge on any atom is 0.251 e. The standard InChI is InChI=1S/C24H27Cl2N5O2S/c1-5-31-22(21(14(2)3)28-23(33)16-8-6-7-15(4)11-16)29-30-24(31)34-13-20(32)27-19-12-17(25)9-10-18(19)26/h6-12,14,21H,5,13H2,1-4H3,(H,27,32)(H,28,33)/t21-/m0/s1. The Morgan fingerprint density at radius 3 is 2.56 bits per heavy atom. The number of carbonyl (C=O) groups is 2. The molecule has 3 rings (SSSR count). The summed E-state index contributed by atoms with van der Waals surface area (Å²) in [6.07, 6.45) is 0. The van der Waals surface area contributed by atoms with E-state index in [0.717, 1.165) is 5.56 Å². The van der Waals surface area contributed by atoms with Gasteiger partial charge >= 0.3 is 0 Å². The Morgan fingerprint density at radius 2 is 1.88 bits per heavy atom. The van der Waals surface area contributed by atoms with Gasteiger partial charge in [0.15, 0.2) is 11.0 Å². The molecule has 0 fully saturated rings. The lowest BCUT2D eigenvalue weighted by Crippen LogP contribution is -2.33. The molecular formula is C24H27Cl2N5O2S. The molecule has 2 aromatic carbocycles. The van der Waals surface area contributed by atoms with Crippen molar-refractivity contribution in [2.24, 2.45) is 5.92 Å². The Labute approximate surface area is 213 Å². The van der Waals surface area contributed by atoms with Gasteiger partial charge < -0.3 is 15.2 Å². The highest BCUT2D eigenvalue weighted by Gasteiger charge is 2.26. The predicted molar refractivity (Wildman–Crippen MR) is 138 cm³/mol. The van der Waals surface area contributed by atoms with Gasteiger partial charge in [-0.15, -0.1) is 10.2 Å². The zero-order valence-electron chi connectivity index (χ0n) is 19.4. The fourth-order valence-corrected chi connectivity index (χ4v) is 4.53. The van der Waals surface area contributed by atoms with Crippen molar-refractivity contribution in [3.63, 3.8) is 0 Å². The van der Waals surface area contributed by atoms with Gasteiger partial charge in [0.25, 0.3) is 5.91 Å². The molecule has 7 nitrogen and oxygen atoms in total. The highest BCUT2D eigenvalue weighted by molar-refractivity contribution is 7.99. The number of hydrogen-bond donors (Lipinski definition) is 2. The van der Waals surface area contributed by atoms with Crippen LogP contribution in [-0.2, 0) is 11.3 Å². The first-order chi connectivity index (χ1) is 16.2. The molecule has 2 N–H and O–H groups in total. The number of nitrogens with zero attached hydrogens (tertiary/aromatic N) is 3. The molecule has 0 saturated carbocycles. The number of aryl methyl sites for hydroxylation is 1. The van der Waals surface area contributed by atoms with Crippen LogP contribution in [0.25, 0.3) is 0 Å². The third kappa shape index (κ3) is 6.52. The Morgan fingerprint density at radius 1 is 1.12 bits per heavy atom. The number of thioether (sulfide) groups is 1. The van der Waals surface area contributed by atoms with Crippen LogP contribution in [0.15, 0.2) is 47.6 Å². The number of benzene rings is 2. The molecule has 0 aliphatic rings. The molecule has 3 aromatic rings. The van der Waals surface area contributed by atoms with Gasteiger partial charge in [-0.25, -0.2) is 0 Å². The minimum Gasteiger partial charge on any atom is -0.342 e. The van der Waals surface area contributed by atoms with Crippen LogP contribution in [0.3, 0.4) is 0 Å². The molecule has 34 heavy (non-hydrogen) atoms. The molecule has 10 heteroatoms. The van der Waals surface area contributed by atoms with Gasteiger partial charge in [0.2, 0.25) is 5.91 Å². The van der Waals surface area contributed by atoms with Crippen LogP contribution in [0.2, 0.25) is 10.0 Å². The van der Waals surface area contributed by atoms with Crippen molar-refractivity contribution >= 4 is 52.5 Å². The van der Waals surface area contributed by atoms with Gasteiger partial charge in [0, 0.05) is 17.1 Å². The molecule has 0 aliphatic carbocycles. The van der Waals surface area contributed by atoms with Crippen molar-refractivity contribution in [1.82, 2.24) is 20.1 Å². The van der Waals surface area contributed by atoms with Gasteiger partial charge in [0.05, 0.1) is 22.5 Å². The topological polar surface area (TPSA) is 88.9 Å². The molecule has 2 amide bonds. The summed E-state index contributed by atoms with van der Waals surface area (Å²) >= 11 is 13.4. The van der Waals surface area contributed by atoms with Crippen LogP contribution in [0.4, 0.5) is 5.69 Å². The van der Waals surface area contributed by atoms with Crippen molar-refractivity contribution in [1.29, 1.82) is 0 Å². The summed E-state index contributed by atoms with van der Waals surface area (Å²) in [4.78, 5) is 25.4. The molecule has 1 atom stereocenters. The first kappa shape index (κ1) is 26.1. The monoisotopic (exact) mass is 519 g/mol. The lowest BCUT2D eigenvalue weighted by atomic mass is 10.0. The number of aromatic nitrogens is 3. The Kier molecular flexibility index (Phi) is 8.99. The van der Waals surface area contributed by atoms with Gasteiger partial charge in [-0.3, -0.25) is 9.59 Å². The summed E-state index contributed by atoms with van der Waals surface area (Å²) in [7, 11) is 0. The van der Waals surface area contributed by atoms with E-state index in [4.69, 9.17) is 23.2 Å². The SMILES string of the molecule is CCn1c(SCC(=O)Nc2cc(Cl)ccc2Cl)nnc1[C@@H](NC(=O)c1cccc(C)c1)C(C)C. The number of nitrogens with one attached hydrogen (secondary N) is 2. The molecule has 0 unspecified atom stereocenters. The van der Waals surface area contributed by atoms with Crippen molar-refractivity contribution in [2.45, 2.75) is 45.4 Å². The van der Waals surface area contributed by atoms with E-state index in [1.807, 2.05) is 50.5 Å². The zero-order chi connectivity index (χ0) is 24.8. The number of rotatable bonds is 9. The van der Waals surface area contributed by atoms with Gasteiger partial charge in [-0.05, 0) is 50.1 Å². The van der Waals surface area contributed by atoms with E-state index in [-0.39, 0.29) is 29.5 Å². The third-order valence-electron chi connectivity index (χ3n) is 5.11. The first-order valence-electron chi connectivity index (χ1n) is 10.9. The van der Waals surface area contributed by atoms with Crippen molar-refractivity contribution < 1.29 is 9.59 Å². The summed E-state index contributed by atoms with van der Waals surface area (Å²) < 4.78 is 1.92. The van der Waals surface area contributed by atoms with Crippen LogP contribution in [0, 0.1) is 12.8 Å². The minimum atomic E-state index is -0.339. The van der Waals surface area contributed by atoms with Crippen LogP contribution in [0.5, 0.6) is 0 Å². The second-order valence-corrected chi connectivity index (χ2v) is 9.90. The minimum absolute atomic E-state index is 0.0781. The third-order valence-corrected chi connectivity index (χ3v) is 6.64. The summed E-state index contributed by atoms with van der Waals surface area (Å²) in [6.45, 7) is 8.55. The Hall–Kier alpha value is -2.55. The average molecular weight is 520 g/mol. The Bertz CT molecular complexity index is 1180. The summed E-state index contributed by atoms with van der Waals surface area (Å²) in [5.74, 6) is 0.437. The second kappa shape index (κ2) is 11.7. The smallest absolute Gasteiger partial charge is 0.251 e. The number of anilines is 1. The lowest BCUT2D eigenvalue weighted by Gasteiger charge is -2.22. The molecule has 0 spiro atoms. The average Bonchev–Trinajstić information content (AvgIpc) is 3.20. The lowest BCUT2D eigenvalue weighted by molar-refractivity contribution is -0.113. The highest BCUT2D eigenvalue weighted by atomic mass is 35.5. The predicted octanol–water partition coefficient (Wildman–Crippen LogP) is 5.77. The van der Waals surface area contributed by atoms with Crippen LogP contribution in [-0.4, -0.2) is 32.3 Å². The molecule has 0 bridgehead atoms. The normalized spacial score (nSPS) is 12.0. The molecule has 180 valence electrons. The van der Waals surface area contributed by atoms with E-state index in [1.165, 1.54) is 11.8 Å². The maximum absolute atomic E-state index is 12.9. The van der Waals surface area contributed by atoms with Gasteiger partial charge in [-0.1, -0.05) is 66.5 Å². The molecule has 0 aliphatic heterocycles. The maximum atomic E-state index is 12.9. The largest absolute Gasteiger partial charge is 0.342 e. The van der Waals surface area contributed by atoms with Crippen molar-refractivity contribution in [3.8, 4) is 0 Å². The number of amides is 2. The molecule has 1 aromatic heterocycles. The number of carbonyl (C=O) groups excluding carboxylic acids is 2. The van der Waals surface area contributed by atoms with Gasteiger partial charge in [0.1, 0.15) is 0 Å². The summed E-state index contributed by atoms with van der Waals surface area (Å²) in [6, 6.07) is 12.0. The Balaban J connectivity index is 1.72. The summed E-state index contributed by atoms with van der Waals surface area (Å²) in [5, 5.41) is 16.0. The second-order valence-electron chi connectivity index (χ2n) is 8.11. The van der Waals surface area contributed by atoms with E-state index in [2.05, 4.69) is 20.8 Å². The van der Waals surface area contributed by atoms with E-state index in [1.54, 1.807) is 24.3 Å². The first-order valence-corrected chi connectivity index (χ1v) is 12.6. The van der Waals surface area contributed by atoms with E-state index >= 15 is 0 Å². The highest BCUT2D eigenvalue weighted by Crippen LogP contribution is 2.28. The van der Waals surface area contributed by atoms with Crippen LogP contribution >= 0.6 is 35.0 Å². The van der Waals surface area contributed by atoms with Gasteiger partial charge in [-0.2, -0.15) is 0 Å². The zero-order valence-corrected chi connectivity index (χ0v) is 21.8. The molecule has 1 heterocycles. The summed E-state index contributed by atoms with van der Waals surface area (Å²) in [5.41, 5.74) is 2.07. The van der Waals surface area contributed by atoms with Crippen molar-refractivity contribution in [3.05, 3.63) is 69.5 Å². The van der Waals surface area contributed by atoms with Crippen LogP contribution < -0.4 is 10.6 Å². The van der Waals surface area contributed by atoms with E-state index in [0.29, 0.717) is 38.8 Å². The fraction of sp³-hybridized carbons (Fsp3) is 0.333. The fourth-order valence-electron chi connectivity index (χ4n) is 3.38. The quantitative estimate of drug-likeness (QED) is 0.350. The molecule has 0 saturated heterocycles. The van der Waals surface area contributed by atoms with Crippen molar-refractivity contribution in [2.75, 3.05) is 11.1 Å². The van der Waals surface area contributed by atoms with Crippen LogP contribution in [0.1, 0.15) is 48.6 Å². The molecule has 0 radical (unpaired) electrons. The van der Waals surface area contributed by atoms with E-state index in [9.17, 15) is 9.59 Å². The number of halogens is 2. The molecular weight excluding hydrogens is 493 g/mol.